The van der Waals surface area contributed by atoms with E-state index in [0.29, 0.717) is 5.39 Å². The minimum atomic E-state index is -3.06. The molecule has 0 fully saturated rings. The van der Waals surface area contributed by atoms with Crippen LogP contribution in [0, 0.1) is 0 Å². The Labute approximate surface area is 100 Å². The van der Waals surface area contributed by atoms with Crippen molar-refractivity contribution in [1.82, 2.24) is 0 Å². The van der Waals surface area contributed by atoms with Crippen molar-refractivity contribution in [2.24, 2.45) is 0 Å². The van der Waals surface area contributed by atoms with Crippen LogP contribution in [0.25, 0.3) is 11.0 Å². The summed E-state index contributed by atoms with van der Waals surface area (Å²) in [7, 11) is -3.06. The van der Waals surface area contributed by atoms with E-state index < -0.39 is 18.9 Å². The topological polar surface area (TPSA) is 56.5 Å². The third-order valence-electron chi connectivity index (χ3n) is 2.32. The Kier molecular flexibility index (Phi) is 3.14. The van der Waals surface area contributed by atoms with E-state index in [1.807, 2.05) is 0 Å². The molecule has 0 atom stereocenters. The molecule has 0 aliphatic carbocycles. The third kappa shape index (κ3) is 2.39. The van der Waals surface area contributed by atoms with Crippen LogP contribution in [0.5, 0.6) is 5.75 Å². The largest absolute Gasteiger partial charge is 0.796 e. The molecule has 1 heterocycles. The normalized spacial score (nSPS) is 10.4. The second-order valence-corrected chi connectivity index (χ2v) is 3.58. The van der Waals surface area contributed by atoms with E-state index in [1.165, 1.54) is 25.1 Å². The smallest absolute Gasteiger partial charge is 0.504 e. The summed E-state index contributed by atoms with van der Waals surface area (Å²) in [4.78, 5) is 22.4. The van der Waals surface area contributed by atoms with Crippen LogP contribution in [0.1, 0.15) is 17.3 Å². The Hall–Kier alpha value is -2.18. The van der Waals surface area contributed by atoms with Crippen molar-refractivity contribution >= 4 is 24.2 Å². The van der Waals surface area contributed by atoms with Crippen LogP contribution in [0.2, 0.25) is 0 Å². The highest BCUT2D eigenvalue weighted by atomic mass is 19.2. The molecule has 7 heteroatoms. The van der Waals surface area contributed by atoms with Gasteiger partial charge in [0.15, 0.2) is 5.78 Å². The highest BCUT2D eigenvalue weighted by Gasteiger charge is 2.22. The van der Waals surface area contributed by atoms with Gasteiger partial charge in [0.2, 0.25) is 0 Å². The van der Waals surface area contributed by atoms with Gasteiger partial charge in [-0.15, -0.1) is 0 Å². The molecular weight excluding hydrogens is 245 g/mol. The van der Waals surface area contributed by atoms with Crippen molar-refractivity contribution in [3.8, 4) is 5.75 Å². The quantitative estimate of drug-likeness (QED) is 0.477. The SMILES string of the molecule is CC(=O)c1cc2ccc(=O)oc2cc1OB(F)F. The van der Waals surface area contributed by atoms with Gasteiger partial charge in [0, 0.05) is 17.5 Å². The summed E-state index contributed by atoms with van der Waals surface area (Å²) in [6, 6.07) is 5.08. The number of rotatable bonds is 3. The van der Waals surface area contributed by atoms with Crippen molar-refractivity contribution in [2.75, 3.05) is 0 Å². The third-order valence-corrected chi connectivity index (χ3v) is 2.32. The number of benzene rings is 1. The van der Waals surface area contributed by atoms with Crippen LogP contribution in [0.3, 0.4) is 0 Å². The summed E-state index contributed by atoms with van der Waals surface area (Å²) in [5.74, 6) is -0.724. The Morgan fingerprint density at radius 1 is 1.33 bits per heavy atom. The lowest BCUT2D eigenvalue weighted by atomic mass is 10.1. The Morgan fingerprint density at radius 2 is 2.06 bits per heavy atom. The van der Waals surface area contributed by atoms with Gasteiger partial charge in [0.1, 0.15) is 11.3 Å². The van der Waals surface area contributed by atoms with Gasteiger partial charge in [0.25, 0.3) is 0 Å². The van der Waals surface area contributed by atoms with E-state index in [0.717, 1.165) is 6.07 Å². The maximum absolute atomic E-state index is 12.2. The van der Waals surface area contributed by atoms with Crippen molar-refractivity contribution in [2.45, 2.75) is 6.92 Å². The molecule has 4 nitrogen and oxygen atoms in total. The van der Waals surface area contributed by atoms with Gasteiger partial charge in [-0.1, -0.05) is 0 Å². The number of halogens is 2. The van der Waals surface area contributed by atoms with Gasteiger partial charge in [-0.05, 0) is 19.1 Å². The second kappa shape index (κ2) is 4.60. The average molecular weight is 252 g/mol. The standard InChI is InChI=1S/C11H7BF2O4/c1-6(15)8-4-7-2-3-11(16)17-9(7)5-10(8)18-12(13)14/h2-5H,1H3. The lowest BCUT2D eigenvalue weighted by Gasteiger charge is -2.08. The lowest BCUT2D eigenvalue weighted by Crippen LogP contribution is -2.11. The zero-order valence-electron chi connectivity index (χ0n) is 9.28. The number of hydrogen-bond acceptors (Lipinski definition) is 4. The summed E-state index contributed by atoms with van der Waals surface area (Å²) in [5, 5.41) is 0.460. The zero-order valence-corrected chi connectivity index (χ0v) is 9.28. The molecule has 0 aliphatic rings. The van der Waals surface area contributed by atoms with Gasteiger partial charge < -0.3 is 9.07 Å². The molecule has 0 bridgehead atoms. The molecule has 1 aromatic heterocycles. The molecule has 0 radical (unpaired) electrons. The fraction of sp³-hybridized carbons (Fsp3) is 0.0909. The Bertz CT molecular complexity index is 666. The van der Waals surface area contributed by atoms with E-state index >= 15 is 0 Å². The predicted octanol–water partition coefficient (Wildman–Crippen LogP) is 2.30. The molecule has 0 amide bonds. The first-order chi connectivity index (χ1) is 8.47. The van der Waals surface area contributed by atoms with E-state index in [-0.39, 0.29) is 16.9 Å². The van der Waals surface area contributed by atoms with E-state index in [2.05, 4.69) is 4.65 Å². The van der Waals surface area contributed by atoms with Crippen molar-refractivity contribution in [3.63, 3.8) is 0 Å². The monoisotopic (exact) mass is 252 g/mol. The molecule has 1 aromatic carbocycles. The number of Topliss-reactive ketones (excluding diaryl/α,β-unsaturated/α-hetero) is 1. The van der Waals surface area contributed by atoms with Gasteiger partial charge in [-0.2, -0.15) is 0 Å². The lowest BCUT2D eigenvalue weighted by molar-refractivity contribution is 0.101. The molecule has 18 heavy (non-hydrogen) atoms. The molecule has 0 N–H and O–H groups in total. The fourth-order valence-electron chi connectivity index (χ4n) is 1.57. The molecule has 2 rings (SSSR count). The molecule has 2 aromatic rings. The van der Waals surface area contributed by atoms with Crippen LogP contribution in [-0.2, 0) is 0 Å². The number of hydrogen-bond donors (Lipinski definition) is 0. The Morgan fingerprint density at radius 3 is 2.67 bits per heavy atom. The first-order valence-corrected chi connectivity index (χ1v) is 5.01. The maximum Gasteiger partial charge on any atom is 0.796 e. The van der Waals surface area contributed by atoms with Crippen molar-refractivity contribution in [1.29, 1.82) is 0 Å². The summed E-state index contributed by atoms with van der Waals surface area (Å²) < 4.78 is 33.5. The predicted molar refractivity (Wildman–Crippen MR) is 61.1 cm³/mol. The first kappa shape index (κ1) is 12.3. The zero-order chi connectivity index (χ0) is 13.3. The van der Waals surface area contributed by atoms with Crippen LogP contribution >= 0.6 is 0 Å². The van der Waals surface area contributed by atoms with E-state index in [9.17, 15) is 18.2 Å². The fourth-order valence-corrected chi connectivity index (χ4v) is 1.57. The number of ketones is 1. The second-order valence-electron chi connectivity index (χ2n) is 3.58. The van der Waals surface area contributed by atoms with Crippen LogP contribution in [-0.4, -0.2) is 13.3 Å². The number of carbonyl (C=O) groups excluding carboxylic acids is 1. The van der Waals surface area contributed by atoms with Gasteiger partial charge in [-0.3, -0.25) is 4.79 Å². The maximum atomic E-state index is 12.2. The van der Waals surface area contributed by atoms with Gasteiger partial charge in [-0.25, -0.2) is 13.4 Å². The van der Waals surface area contributed by atoms with Crippen LogP contribution in [0.4, 0.5) is 8.63 Å². The molecular formula is C11H7BF2O4. The average Bonchev–Trinajstić information content (AvgIpc) is 2.26. The minimum absolute atomic E-state index is 0.0108. The van der Waals surface area contributed by atoms with Crippen LogP contribution in [0.15, 0.2) is 33.5 Å². The molecule has 0 saturated heterocycles. The van der Waals surface area contributed by atoms with Crippen molar-refractivity contribution in [3.05, 3.63) is 40.2 Å². The summed E-state index contributed by atoms with van der Waals surface area (Å²) in [5.41, 5.74) is -0.513. The number of fused-ring (bicyclic) bond motifs is 1. The highest BCUT2D eigenvalue weighted by molar-refractivity contribution is 6.35. The number of carbonyl (C=O) groups is 1. The van der Waals surface area contributed by atoms with Gasteiger partial charge >= 0.3 is 13.1 Å². The molecule has 0 unspecified atom stereocenters. The molecule has 0 aliphatic heterocycles. The molecule has 92 valence electrons. The molecule has 0 saturated carbocycles. The summed E-state index contributed by atoms with van der Waals surface area (Å²) in [6.45, 7) is 1.23. The highest BCUT2D eigenvalue weighted by Crippen LogP contribution is 2.26. The summed E-state index contributed by atoms with van der Waals surface area (Å²) >= 11 is 0. The molecule has 0 spiro atoms. The Balaban J connectivity index is 2.68. The van der Waals surface area contributed by atoms with E-state index in [1.54, 1.807) is 0 Å². The van der Waals surface area contributed by atoms with Crippen molar-refractivity contribution < 1.29 is 22.5 Å². The summed E-state index contributed by atoms with van der Waals surface area (Å²) in [6.07, 6.45) is 0. The van der Waals surface area contributed by atoms with E-state index in [4.69, 9.17) is 4.42 Å². The van der Waals surface area contributed by atoms with Crippen LogP contribution < -0.4 is 10.3 Å². The first-order valence-electron chi connectivity index (χ1n) is 5.01. The minimum Gasteiger partial charge on any atom is -0.504 e. The van der Waals surface area contributed by atoms with Gasteiger partial charge in [0.05, 0.1) is 5.56 Å².